The van der Waals surface area contributed by atoms with Gasteiger partial charge in [-0.25, -0.2) is 4.98 Å². The fraction of sp³-hybridized carbons (Fsp3) is 0.500. The van der Waals surface area contributed by atoms with Crippen LogP contribution in [-0.2, 0) is 4.79 Å². The molecular formula is C12H16N4O3. The monoisotopic (exact) mass is 264 g/mol. The lowest BCUT2D eigenvalue weighted by Crippen LogP contribution is -2.46. The third-order valence-electron chi connectivity index (χ3n) is 3.52. The molecule has 1 aromatic rings. The van der Waals surface area contributed by atoms with Gasteiger partial charge in [0.1, 0.15) is 12.0 Å². The fourth-order valence-electron chi connectivity index (χ4n) is 2.31. The number of nitrogens with zero attached hydrogens (tertiary/aromatic N) is 3. The Bertz CT molecular complexity index is 488. The molecular weight excluding hydrogens is 248 g/mol. The van der Waals surface area contributed by atoms with Gasteiger partial charge in [-0.15, -0.1) is 0 Å². The van der Waals surface area contributed by atoms with E-state index in [1.807, 2.05) is 11.8 Å². The molecule has 0 bridgehead atoms. The van der Waals surface area contributed by atoms with Crippen LogP contribution in [0.5, 0.6) is 0 Å². The summed E-state index contributed by atoms with van der Waals surface area (Å²) in [7, 11) is 0. The van der Waals surface area contributed by atoms with Gasteiger partial charge in [0.25, 0.3) is 5.69 Å². The molecule has 7 heteroatoms. The first kappa shape index (κ1) is 13.3. The van der Waals surface area contributed by atoms with Crippen molar-refractivity contribution in [3.8, 4) is 0 Å². The van der Waals surface area contributed by atoms with E-state index in [1.165, 1.54) is 12.3 Å². The van der Waals surface area contributed by atoms with Crippen molar-refractivity contribution in [3.63, 3.8) is 0 Å². The van der Waals surface area contributed by atoms with Gasteiger partial charge in [-0.1, -0.05) is 0 Å². The quantitative estimate of drug-likeness (QED) is 0.650. The fourth-order valence-corrected chi connectivity index (χ4v) is 2.31. The average Bonchev–Trinajstić information content (AvgIpc) is 2.39. The van der Waals surface area contributed by atoms with Gasteiger partial charge in [-0.2, -0.15) is 0 Å². The van der Waals surface area contributed by atoms with Crippen LogP contribution in [0.1, 0.15) is 19.8 Å². The second kappa shape index (κ2) is 5.21. The van der Waals surface area contributed by atoms with Gasteiger partial charge in [-0.3, -0.25) is 14.9 Å². The largest absolute Gasteiger partial charge is 0.369 e. The van der Waals surface area contributed by atoms with Gasteiger partial charge in [0.05, 0.1) is 10.8 Å². The highest BCUT2D eigenvalue weighted by molar-refractivity contribution is 5.77. The van der Waals surface area contributed by atoms with Crippen LogP contribution in [0.25, 0.3) is 0 Å². The van der Waals surface area contributed by atoms with Gasteiger partial charge in [-0.05, 0) is 25.8 Å². The Morgan fingerprint density at radius 2 is 2.26 bits per heavy atom. The molecule has 7 nitrogen and oxygen atoms in total. The summed E-state index contributed by atoms with van der Waals surface area (Å²) in [5.41, 5.74) is 5.30. The normalized spacial score (nSPS) is 23.1. The molecule has 1 saturated heterocycles. The van der Waals surface area contributed by atoms with E-state index in [4.69, 9.17) is 5.73 Å². The number of primary amides is 1. The number of carbonyl (C=O) groups excluding carboxylic acids is 1. The third-order valence-corrected chi connectivity index (χ3v) is 3.52. The standard InChI is InChI=1S/C12H16N4O3/c1-8-2-3-9(12(13)17)7-15(8)11-5-4-10(6-14-11)16(18)19/h4-6,8-9H,2-3,7H2,1H3,(H2,13,17)/t8-,9+/m0/s1. The number of rotatable bonds is 3. The van der Waals surface area contributed by atoms with Crippen molar-refractivity contribution < 1.29 is 9.72 Å². The van der Waals surface area contributed by atoms with Gasteiger partial charge < -0.3 is 10.6 Å². The number of hydrogen-bond acceptors (Lipinski definition) is 5. The number of aromatic nitrogens is 1. The first-order chi connectivity index (χ1) is 8.99. The van der Waals surface area contributed by atoms with E-state index >= 15 is 0 Å². The second-order valence-corrected chi connectivity index (χ2v) is 4.81. The molecule has 1 aliphatic rings. The zero-order chi connectivity index (χ0) is 14.0. The predicted molar refractivity (Wildman–Crippen MR) is 69.6 cm³/mol. The predicted octanol–water partition coefficient (Wildman–Crippen LogP) is 1.08. The van der Waals surface area contributed by atoms with Gasteiger partial charge in [0.15, 0.2) is 0 Å². The molecule has 1 aromatic heterocycles. The topological polar surface area (TPSA) is 102 Å². The van der Waals surface area contributed by atoms with E-state index < -0.39 is 4.92 Å². The van der Waals surface area contributed by atoms with Crippen LogP contribution in [0.15, 0.2) is 18.3 Å². The Kier molecular flexibility index (Phi) is 3.64. The van der Waals surface area contributed by atoms with Crippen molar-refractivity contribution in [3.05, 3.63) is 28.4 Å². The summed E-state index contributed by atoms with van der Waals surface area (Å²) in [6.45, 7) is 2.56. The maximum absolute atomic E-state index is 11.3. The first-order valence-corrected chi connectivity index (χ1v) is 6.15. The lowest BCUT2D eigenvalue weighted by molar-refractivity contribution is -0.385. The van der Waals surface area contributed by atoms with Crippen LogP contribution in [0.3, 0.4) is 0 Å². The molecule has 0 spiro atoms. The number of anilines is 1. The highest BCUT2D eigenvalue weighted by Crippen LogP contribution is 2.27. The minimum absolute atomic E-state index is 0.0418. The van der Waals surface area contributed by atoms with Crippen LogP contribution in [0.4, 0.5) is 11.5 Å². The Labute approximate surface area is 110 Å². The summed E-state index contributed by atoms with van der Waals surface area (Å²) in [4.78, 5) is 27.4. The molecule has 1 amide bonds. The summed E-state index contributed by atoms with van der Waals surface area (Å²) in [5.74, 6) is 0.149. The molecule has 2 rings (SSSR count). The van der Waals surface area contributed by atoms with E-state index in [9.17, 15) is 14.9 Å². The van der Waals surface area contributed by atoms with E-state index in [1.54, 1.807) is 6.07 Å². The summed E-state index contributed by atoms with van der Waals surface area (Å²) in [6.07, 6.45) is 2.86. The molecule has 0 aromatic carbocycles. The van der Waals surface area contributed by atoms with Crippen LogP contribution >= 0.6 is 0 Å². The molecule has 2 heterocycles. The molecule has 0 saturated carbocycles. The SMILES string of the molecule is C[C@H]1CC[C@@H](C(N)=O)CN1c1ccc([N+](=O)[O-])cn1. The number of amides is 1. The second-order valence-electron chi connectivity index (χ2n) is 4.81. The average molecular weight is 264 g/mol. The number of carbonyl (C=O) groups is 1. The number of pyridine rings is 1. The molecule has 0 aliphatic carbocycles. The molecule has 1 aliphatic heterocycles. The van der Waals surface area contributed by atoms with Crippen molar-refractivity contribution >= 4 is 17.4 Å². The summed E-state index contributed by atoms with van der Waals surface area (Å²) < 4.78 is 0. The molecule has 19 heavy (non-hydrogen) atoms. The Hall–Kier alpha value is -2.18. The van der Waals surface area contributed by atoms with Gasteiger partial charge in [0, 0.05) is 18.7 Å². The Balaban J connectivity index is 2.18. The van der Waals surface area contributed by atoms with Crippen LogP contribution in [0.2, 0.25) is 0 Å². The molecule has 1 fully saturated rings. The number of nitrogens with two attached hydrogens (primary N) is 1. The number of piperidine rings is 1. The van der Waals surface area contributed by atoms with Gasteiger partial charge >= 0.3 is 0 Å². The van der Waals surface area contributed by atoms with Gasteiger partial charge in [0.2, 0.25) is 5.91 Å². The van der Waals surface area contributed by atoms with Crippen molar-refractivity contribution in [2.24, 2.45) is 11.7 Å². The summed E-state index contributed by atoms with van der Waals surface area (Å²) in [6, 6.07) is 3.27. The van der Waals surface area contributed by atoms with Crippen molar-refractivity contribution in [1.29, 1.82) is 0 Å². The maximum atomic E-state index is 11.3. The van der Waals surface area contributed by atoms with Crippen LogP contribution < -0.4 is 10.6 Å². The summed E-state index contributed by atoms with van der Waals surface area (Å²) >= 11 is 0. The lowest BCUT2D eigenvalue weighted by Gasteiger charge is -2.37. The summed E-state index contributed by atoms with van der Waals surface area (Å²) in [5, 5.41) is 10.6. The third kappa shape index (κ3) is 2.81. The molecule has 102 valence electrons. The number of hydrogen-bond donors (Lipinski definition) is 1. The minimum Gasteiger partial charge on any atom is -0.369 e. The minimum atomic E-state index is -0.484. The lowest BCUT2D eigenvalue weighted by atomic mass is 9.93. The highest BCUT2D eigenvalue weighted by Gasteiger charge is 2.29. The van der Waals surface area contributed by atoms with E-state index in [-0.39, 0.29) is 23.6 Å². The van der Waals surface area contributed by atoms with Crippen molar-refractivity contribution in [2.45, 2.75) is 25.8 Å². The number of nitro groups is 1. The van der Waals surface area contributed by atoms with E-state index in [0.717, 1.165) is 12.8 Å². The molecule has 2 atom stereocenters. The van der Waals surface area contributed by atoms with Crippen LogP contribution in [0, 0.1) is 16.0 Å². The smallest absolute Gasteiger partial charge is 0.287 e. The van der Waals surface area contributed by atoms with Crippen LogP contribution in [-0.4, -0.2) is 28.4 Å². The van der Waals surface area contributed by atoms with E-state index in [0.29, 0.717) is 12.4 Å². The first-order valence-electron chi connectivity index (χ1n) is 6.15. The van der Waals surface area contributed by atoms with Crippen molar-refractivity contribution in [2.75, 3.05) is 11.4 Å². The van der Waals surface area contributed by atoms with E-state index in [2.05, 4.69) is 4.98 Å². The highest BCUT2D eigenvalue weighted by atomic mass is 16.6. The molecule has 0 unspecified atom stereocenters. The molecule has 0 radical (unpaired) electrons. The Morgan fingerprint density at radius 3 is 2.79 bits per heavy atom. The Morgan fingerprint density at radius 1 is 1.53 bits per heavy atom. The zero-order valence-corrected chi connectivity index (χ0v) is 10.7. The zero-order valence-electron chi connectivity index (χ0n) is 10.7. The van der Waals surface area contributed by atoms with Crippen molar-refractivity contribution in [1.82, 2.24) is 4.98 Å². The maximum Gasteiger partial charge on any atom is 0.287 e. The molecule has 2 N–H and O–H groups in total.